The quantitative estimate of drug-likeness (QED) is 0.197. The topological polar surface area (TPSA) is 58.1 Å². The van der Waals surface area contributed by atoms with Crippen LogP contribution in [0.25, 0.3) is 0 Å². The van der Waals surface area contributed by atoms with Crippen LogP contribution in [0.3, 0.4) is 0 Å². The van der Waals surface area contributed by atoms with Crippen molar-refractivity contribution in [2.45, 2.75) is 47.2 Å². The molecule has 0 aliphatic carbocycles. The van der Waals surface area contributed by atoms with E-state index in [-0.39, 0.29) is 24.0 Å². The first-order valence-electron chi connectivity index (χ1n) is 10.0. The molecule has 0 amide bonds. The van der Waals surface area contributed by atoms with Crippen molar-refractivity contribution in [1.82, 2.24) is 15.5 Å². The highest BCUT2D eigenvalue weighted by molar-refractivity contribution is 14.0. The molecule has 0 saturated heterocycles. The zero-order valence-corrected chi connectivity index (χ0v) is 20.7. The van der Waals surface area contributed by atoms with Crippen LogP contribution >= 0.6 is 24.0 Å². The molecule has 0 radical (unpaired) electrons. The Labute approximate surface area is 188 Å². The van der Waals surface area contributed by atoms with Crippen molar-refractivity contribution in [2.24, 2.45) is 4.99 Å². The molecule has 0 aliphatic rings. The van der Waals surface area contributed by atoms with Crippen molar-refractivity contribution in [3.8, 4) is 5.75 Å². The standard InChI is InChI=1S/C21H38N4O2.HI/c1-7-22-21(23-15-18(5)25(8-2)9-3)24-16-19-11-10-17(4)14-20(19)27-13-12-26-6;/h10-11,14,18H,7-9,12-13,15-16H2,1-6H3,(H2,22,23,24);1H. The SMILES string of the molecule is CCNC(=NCc1ccc(C)cc1OCCOC)NCC(C)N(CC)CC.I. The average molecular weight is 506 g/mol. The third-order valence-corrected chi connectivity index (χ3v) is 4.52. The highest BCUT2D eigenvalue weighted by atomic mass is 127. The average Bonchev–Trinajstić information content (AvgIpc) is 2.66. The van der Waals surface area contributed by atoms with Crippen molar-refractivity contribution in [3.63, 3.8) is 0 Å². The molecule has 0 aliphatic heterocycles. The molecule has 0 fully saturated rings. The number of nitrogens with zero attached hydrogens (tertiary/aromatic N) is 2. The molecule has 2 N–H and O–H groups in total. The maximum Gasteiger partial charge on any atom is 0.191 e. The van der Waals surface area contributed by atoms with Crippen molar-refractivity contribution < 1.29 is 9.47 Å². The molecule has 0 bridgehead atoms. The molecule has 1 aromatic rings. The fraction of sp³-hybridized carbons (Fsp3) is 0.667. The minimum atomic E-state index is 0. The van der Waals surface area contributed by atoms with E-state index in [0.717, 1.165) is 43.5 Å². The van der Waals surface area contributed by atoms with E-state index in [0.29, 0.717) is 25.8 Å². The molecule has 6 nitrogen and oxygen atoms in total. The smallest absolute Gasteiger partial charge is 0.191 e. The van der Waals surface area contributed by atoms with E-state index in [1.165, 1.54) is 5.56 Å². The van der Waals surface area contributed by atoms with E-state index in [1.54, 1.807) is 7.11 Å². The second kappa shape index (κ2) is 15.8. The van der Waals surface area contributed by atoms with Crippen LogP contribution in [-0.2, 0) is 11.3 Å². The Bertz CT molecular complexity index is 565. The highest BCUT2D eigenvalue weighted by Gasteiger charge is 2.11. The summed E-state index contributed by atoms with van der Waals surface area (Å²) in [6.07, 6.45) is 0. The first kappa shape index (κ1) is 26.9. The van der Waals surface area contributed by atoms with E-state index >= 15 is 0 Å². The number of guanidine groups is 1. The zero-order valence-electron chi connectivity index (χ0n) is 18.4. The third kappa shape index (κ3) is 9.93. The van der Waals surface area contributed by atoms with E-state index in [4.69, 9.17) is 14.5 Å². The molecule has 162 valence electrons. The molecule has 1 aromatic carbocycles. The molecule has 1 rings (SSSR count). The first-order valence-corrected chi connectivity index (χ1v) is 10.0. The molecule has 0 heterocycles. The largest absolute Gasteiger partial charge is 0.491 e. The minimum absolute atomic E-state index is 0. The lowest BCUT2D eigenvalue weighted by molar-refractivity contribution is 0.145. The number of benzene rings is 1. The van der Waals surface area contributed by atoms with Crippen LogP contribution < -0.4 is 15.4 Å². The Hall–Kier alpha value is -1.06. The number of nitrogens with one attached hydrogen (secondary N) is 2. The molecule has 0 saturated carbocycles. The maximum atomic E-state index is 5.87. The third-order valence-electron chi connectivity index (χ3n) is 4.52. The molecule has 28 heavy (non-hydrogen) atoms. The van der Waals surface area contributed by atoms with Gasteiger partial charge in [-0.25, -0.2) is 4.99 Å². The van der Waals surface area contributed by atoms with Crippen LogP contribution in [0.2, 0.25) is 0 Å². The summed E-state index contributed by atoms with van der Waals surface area (Å²) < 4.78 is 10.9. The van der Waals surface area contributed by atoms with Crippen LogP contribution in [-0.4, -0.2) is 63.4 Å². The summed E-state index contributed by atoms with van der Waals surface area (Å²) in [5.74, 6) is 1.71. The van der Waals surface area contributed by atoms with Gasteiger partial charge in [0.1, 0.15) is 12.4 Å². The summed E-state index contributed by atoms with van der Waals surface area (Å²) >= 11 is 0. The van der Waals surface area contributed by atoms with Crippen LogP contribution in [0.1, 0.15) is 38.8 Å². The molecular weight excluding hydrogens is 467 g/mol. The van der Waals surface area contributed by atoms with Gasteiger partial charge in [0, 0.05) is 31.8 Å². The zero-order chi connectivity index (χ0) is 20.1. The van der Waals surface area contributed by atoms with E-state index in [2.05, 4.69) is 68.4 Å². The van der Waals surface area contributed by atoms with Crippen molar-refractivity contribution in [3.05, 3.63) is 29.3 Å². The number of methoxy groups -OCH3 is 1. The van der Waals surface area contributed by atoms with E-state index in [1.807, 2.05) is 0 Å². The first-order chi connectivity index (χ1) is 13.0. The van der Waals surface area contributed by atoms with Gasteiger partial charge in [-0.05, 0) is 45.5 Å². The Balaban J connectivity index is 0.00000729. The van der Waals surface area contributed by atoms with Gasteiger partial charge in [0.2, 0.25) is 0 Å². The monoisotopic (exact) mass is 506 g/mol. The van der Waals surface area contributed by atoms with Gasteiger partial charge in [0.05, 0.1) is 13.2 Å². The van der Waals surface area contributed by atoms with Gasteiger partial charge < -0.3 is 20.1 Å². The van der Waals surface area contributed by atoms with Gasteiger partial charge in [-0.1, -0.05) is 26.0 Å². The predicted octanol–water partition coefficient (Wildman–Crippen LogP) is 3.42. The van der Waals surface area contributed by atoms with Gasteiger partial charge in [0.15, 0.2) is 5.96 Å². The molecule has 0 spiro atoms. The normalized spacial score (nSPS) is 12.5. The fourth-order valence-corrected chi connectivity index (χ4v) is 2.89. The molecular formula is C21H39IN4O2. The number of aliphatic imine (C=N–C) groups is 1. The molecule has 0 aromatic heterocycles. The lowest BCUT2D eigenvalue weighted by atomic mass is 10.1. The summed E-state index contributed by atoms with van der Waals surface area (Å²) in [6, 6.07) is 6.69. The maximum absolute atomic E-state index is 5.87. The number of likely N-dealkylation sites (N-methyl/N-ethyl adjacent to an activating group) is 1. The van der Waals surface area contributed by atoms with Gasteiger partial charge in [-0.3, -0.25) is 4.90 Å². The van der Waals surface area contributed by atoms with Gasteiger partial charge in [-0.2, -0.15) is 0 Å². The number of ether oxygens (including phenoxy) is 2. The summed E-state index contributed by atoms with van der Waals surface area (Å²) in [4.78, 5) is 7.18. The lowest BCUT2D eigenvalue weighted by Crippen LogP contribution is -2.46. The minimum Gasteiger partial charge on any atom is -0.491 e. The number of halogens is 1. The summed E-state index contributed by atoms with van der Waals surface area (Å²) in [5.41, 5.74) is 2.25. The van der Waals surface area contributed by atoms with Crippen LogP contribution in [0.5, 0.6) is 5.75 Å². The highest BCUT2D eigenvalue weighted by Crippen LogP contribution is 2.21. The lowest BCUT2D eigenvalue weighted by Gasteiger charge is -2.27. The van der Waals surface area contributed by atoms with Crippen LogP contribution in [0.4, 0.5) is 0 Å². The second-order valence-corrected chi connectivity index (χ2v) is 6.60. The molecule has 1 atom stereocenters. The predicted molar refractivity (Wildman–Crippen MR) is 129 cm³/mol. The number of hydrogen-bond donors (Lipinski definition) is 2. The summed E-state index contributed by atoms with van der Waals surface area (Å²) in [7, 11) is 1.68. The Morgan fingerprint density at radius 2 is 1.86 bits per heavy atom. The van der Waals surface area contributed by atoms with Crippen molar-refractivity contribution in [1.29, 1.82) is 0 Å². The van der Waals surface area contributed by atoms with Gasteiger partial charge >= 0.3 is 0 Å². The van der Waals surface area contributed by atoms with Gasteiger partial charge in [0.25, 0.3) is 0 Å². The Kier molecular flexibility index (Phi) is 15.2. The second-order valence-electron chi connectivity index (χ2n) is 6.60. The van der Waals surface area contributed by atoms with Crippen molar-refractivity contribution >= 4 is 29.9 Å². The van der Waals surface area contributed by atoms with Gasteiger partial charge in [-0.15, -0.1) is 24.0 Å². The summed E-state index contributed by atoms with van der Waals surface area (Å²) in [6.45, 7) is 16.3. The number of rotatable bonds is 12. The molecule has 7 heteroatoms. The van der Waals surface area contributed by atoms with E-state index < -0.39 is 0 Å². The number of aryl methyl sites for hydroxylation is 1. The summed E-state index contributed by atoms with van der Waals surface area (Å²) in [5, 5.41) is 6.79. The molecule has 1 unspecified atom stereocenters. The Morgan fingerprint density at radius 1 is 1.14 bits per heavy atom. The van der Waals surface area contributed by atoms with Crippen molar-refractivity contribution in [2.75, 3.05) is 46.5 Å². The van der Waals surface area contributed by atoms with Crippen LogP contribution in [0, 0.1) is 6.92 Å². The van der Waals surface area contributed by atoms with E-state index in [9.17, 15) is 0 Å². The van der Waals surface area contributed by atoms with Crippen LogP contribution in [0.15, 0.2) is 23.2 Å². The fourth-order valence-electron chi connectivity index (χ4n) is 2.89. The number of hydrogen-bond acceptors (Lipinski definition) is 4. The Morgan fingerprint density at radius 3 is 2.46 bits per heavy atom.